The fourth-order valence-corrected chi connectivity index (χ4v) is 2.72. The first-order valence-electron chi connectivity index (χ1n) is 7.10. The molecule has 3 N–H and O–H groups in total. The second-order valence-electron chi connectivity index (χ2n) is 5.75. The van der Waals surface area contributed by atoms with E-state index in [0.717, 1.165) is 0 Å². The molecule has 1 unspecified atom stereocenters. The first-order chi connectivity index (χ1) is 10.4. The topological polar surface area (TPSA) is 68.0 Å². The summed E-state index contributed by atoms with van der Waals surface area (Å²) in [6, 6.07) is 6.38. The van der Waals surface area contributed by atoms with Gasteiger partial charge < -0.3 is 11.1 Å². The van der Waals surface area contributed by atoms with Gasteiger partial charge in [-0.15, -0.1) is 11.3 Å². The molecule has 0 saturated heterocycles. The summed E-state index contributed by atoms with van der Waals surface area (Å²) >= 11 is 1.24. The van der Waals surface area contributed by atoms with Crippen LogP contribution in [-0.4, -0.2) is 23.0 Å². The molecule has 1 atom stereocenters. The van der Waals surface area contributed by atoms with E-state index in [1.165, 1.54) is 17.4 Å². The average molecular weight is 321 g/mol. The molecule has 1 amide bonds. The van der Waals surface area contributed by atoms with Crippen molar-refractivity contribution in [2.45, 2.75) is 26.3 Å². The lowest BCUT2D eigenvalue weighted by molar-refractivity contribution is 0.0879. The first-order valence-corrected chi connectivity index (χ1v) is 7.98. The lowest BCUT2D eigenvalue weighted by Gasteiger charge is -2.33. The molecule has 0 aliphatic carbocycles. The van der Waals surface area contributed by atoms with E-state index in [1.54, 1.807) is 23.6 Å². The highest BCUT2D eigenvalue weighted by Gasteiger charge is 2.29. The highest BCUT2D eigenvalue weighted by molar-refractivity contribution is 7.13. The number of benzene rings is 1. The Labute approximate surface area is 133 Å². The van der Waals surface area contributed by atoms with E-state index in [2.05, 4.69) is 10.3 Å². The van der Waals surface area contributed by atoms with Gasteiger partial charge in [-0.25, -0.2) is 9.37 Å². The molecule has 22 heavy (non-hydrogen) atoms. The van der Waals surface area contributed by atoms with Crippen molar-refractivity contribution in [3.8, 4) is 10.6 Å². The summed E-state index contributed by atoms with van der Waals surface area (Å²) in [6.45, 7) is 6.23. The third kappa shape index (κ3) is 3.34. The summed E-state index contributed by atoms with van der Waals surface area (Å²) in [4.78, 5) is 16.6. The lowest BCUT2D eigenvalue weighted by Crippen LogP contribution is -2.55. The number of rotatable bonds is 5. The predicted molar refractivity (Wildman–Crippen MR) is 87.3 cm³/mol. The molecule has 0 spiro atoms. The van der Waals surface area contributed by atoms with Gasteiger partial charge in [0.05, 0.1) is 5.54 Å². The molecule has 0 radical (unpaired) electrons. The number of halogens is 1. The molecule has 0 aliphatic rings. The minimum absolute atomic E-state index is 0.186. The molecule has 4 nitrogen and oxygen atoms in total. The Balaban J connectivity index is 2.22. The normalized spacial score (nSPS) is 13.9. The second-order valence-corrected chi connectivity index (χ2v) is 6.61. The number of amides is 1. The van der Waals surface area contributed by atoms with Crippen molar-refractivity contribution in [3.05, 3.63) is 41.2 Å². The van der Waals surface area contributed by atoms with Crippen LogP contribution >= 0.6 is 11.3 Å². The Morgan fingerprint density at radius 3 is 2.73 bits per heavy atom. The molecule has 118 valence electrons. The van der Waals surface area contributed by atoms with E-state index in [0.29, 0.717) is 17.1 Å². The molecule has 2 aromatic rings. The van der Waals surface area contributed by atoms with E-state index >= 15 is 0 Å². The van der Waals surface area contributed by atoms with Gasteiger partial charge in [0, 0.05) is 17.5 Å². The maximum Gasteiger partial charge on any atom is 0.271 e. The second kappa shape index (κ2) is 6.54. The van der Waals surface area contributed by atoms with Crippen LogP contribution in [0.5, 0.6) is 0 Å². The van der Waals surface area contributed by atoms with Crippen molar-refractivity contribution in [1.29, 1.82) is 0 Å². The number of carbonyl (C=O) groups is 1. The largest absolute Gasteiger partial charge is 0.344 e. The summed E-state index contributed by atoms with van der Waals surface area (Å²) in [6.07, 6.45) is 0. The van der Waals surface area contributed by atoms with Gasteiger partial charge in [0.1, 0.15) is 16.5 Å². The van der Waals surface area contributed by atoms with E-state index in [1.807, 2.05) is 20.8 Å². The third-order valence-electron chi connectivity index (χ3n) is 3.94. The van der Waals surface area contributed by atoms with Crippen molar-refractivity contribution >= 4 is 17.2 Å². The summed E-state index contributed by atoms with van der Waals surface area (Å²) in [5.41, 5.74) is 5.95. The molecule has 0 bridgehead atoms. The number of thiazole rings is 1. The van der Waals surface area contributed by atoms with Crippen LogP contribution in [0.25, 0.3) is 10.6 Å². The molecular weight excluding hydrogens is 301 g/mol. The standard InChI is InChI=1S/C16H20FN3OS/c1-10(2)16(3,9-18)20-14(21)13-8-22-15(19-13)11-6-4-5-7-12(11)17/h4-8,10H,9,18H2,1-3H3,(H,20,21). The summed E-state index contributed by atoms with van der Waals surface area (Å²) in [5.74, 6) is -0.454. The SMILES string of the molecule is CC(C)C(C)(CN)NC(=O)c1csc(-c2ccccc2F)n1. The number of nitrogens with two attached hydrogens (primary N) is 1. The van der Waals surface area contributed by atoms with Gasteiger partial charge in [0.15, 0.2) is 0 Å². The monoisotopic (exact) mass is 321 g/mol. The van der Waals surface area contributed by atoms with Crippen molar-refractivity contribution in [2.75, 3.05) is 6.54 Å². The van der Waals surface area contributed by atoms with E-state index < -0.39 is 5.54 Å². The number of hydrogen-bond donors (Lipinski definition) is 2. The first kappa shape index (κ1) is 16.6. The van der Waals surface area contributed by atoms with Gasteiger partial charge in [-0.1, -0.05) is 26.0 Å². The number of hydrogen-bond acceptors (Lipinski definition) is 4. The molecule has 0 aliphatic heterocycles. The molecule has 1 heterocycles. The van der Waals surface area contributed by atoms with Crippen molar-refractivity contribution < 1.29 is 9.18 Å². The van der Waals surface area contributed by atoms with Crippen LogP contribution in [0.3, 0.4) is 0 Å². The number of aromatic nitrogens is 1. The average Bonchev–Trinajstić information content (AvgIpc) is 2.97. The highest BCUT2D eigenvalue weighted by atomic mass is 32.1. The van der Waals surface area contributed by atoms with Gasteiger partial charge in [0.25, 0.3) is 5.91 Å². The van der Waals surface area contributed by atoms with Crippen LogP contribution in [0.2, 0.25) is 0 Å². The fraction of sp³-hybridized carbons (Fsp3) is 0.375. The zero-order chi connectivity index (χ0) is 16.3. The quantitative estimate of drug-likeness (QED) is 0.889. The highest BCUT2D eigenvalue weighted by Crippen LogP contribution is 2.26. The molecule has 6 heteroatoms. The molecular formula is C16H20FN3OS. The Morgan fingerprint density at radius 1 is 1.45 bits per heavy atom. The maximum absolute atomic E-state index is 13.8. The third-order valence-corrected chi connectivity index (χ3v) is 4.81. The number of carbonyl (C=O) groups excluding carboxylic acids is 1. The Hall–Kier alpha value is -1.79. The van der Waals surface area contributed by atoms with E-state index in [-0.39, 0.29) is 23.3 Å². The molecule has 0 fully saturated rings. The fourth-order valence-electron chi connectivity index (χ4n) is 1.89. The summed E-state index contributed by atoms with van der Waals surface area (Å²) < 4.78 is 13.8. The minimum atomic E-state index is -0.501. The molecule has 0 saturated carbocycles. The van der Waals surface area contributed by atoms with Gasteiger partial charge in [-0.05, 0) is 25.0 Å². The van der Waals surface area contributed by atoms with Gasteiger partial charge in [-0.2, -0.15) is 0 Å². The zero-order valence-corrected chi connectivity index (χ0v) is 13.7. The zero-order valence-electron chi connectivity index (χ0n) is 12.9. The molecule has 1 aromatic heterocycles. The Kier molecular flexibility index (Phi) is 4.93. The number of nitrogens with one attached hydrogen (secondary N) is 1. The summed E-state index contributed by atoms with van der Waals surface area (Å²) in [7, 11) is 0. The van der Waals surface area contributed by atoms with Gasteiger partial charge in [0.2, 0.25) is 0 Å². The van der Waals surface area contributed by atoms with E-state index in [9.17, 15) is 9.18 Å². The molecule has 2 rings (SSSR count). The lowest BCUT2D eigenvalue weighted by atomic mass is 9.88. The molecule has 1 aromatic carbocycles. The van der Waals surface area contributed by atoms with Crippen LogP contribution in [-0.2, 0) is 0 Å². The van der Waals surface area contributed by atoms with Crippen molar-refractivity contribution in [1.82, 2.24) is 10.3 Å². The van der Waals surface area contributed by atoms with E-state index in [4.69, 9.17) is 5.73 Å². The van der Waals surface area contributed by atoms with Gasteiger partial charge >= 0.3 is 0 Å². The minimum Gasteiger partial charge on any atom is -0.344 e. The van der Waals surface area contributed by atoms with Crippen molar-refractivity contribution in [3.63, 3.8) is 0 Å². The van der Waals surface area contributed by atoms with Crippen LogP contribution in [0.4, 0.5) is 4.39 Å². The van der Waals surface area contributed by atoms with Crippen molar-refractivity contribution in [2.24, 2.45) is 11.7 Å². The van der Waals surface area contributed by atoms with Crippen LogP contribution in [0, 0.1) is 11.7 Å². The van der Waals surface area contributed by atoms with Crippen LogP contribution in [0.1, 0.15) is 31.3 Å². The van der Waals surface area contributed by atoms with Gasteiger partial charge in [-0.3, -0.25) is 4.79 Å². The maximum atomic E-state index is 13.8. The Morgan fingerprint density at radius 2 is 2.14 bits per heavy atom. The Bertz CT molecular complexity index is 671. The summed E-state index contributed by atoms with van der Waals surface area (Å²) in [5, 5.41) is 5.05. The van der Waals surface area contributed by atoms with Crippen LogP contribution in [0.15, 0.2) is 29.6 Å². The predicted octanol–water partition coefficient (Wildman–Crippen LogP) is 3.05. The smallest absolute Gasteiger partial charge is 0.271 e. The number of nitrogens with zero attached hydrogens (tertiary/aromatic N) is 1. The van der Waals surface area contributed by atoms with Crippen LogP contribution < -0.4 is 11.1 Å².